The number of ether oxygens (including phenoxy) is 1. The summed E-state index contributed by atoms with van der Waals surface area (Å²) >= 11 is 0. The lowest BCUT2D eigenvalue weighted by atomic mass is 10.1. The van der Waals surface area contributed by atoms with Gasteiger partial charge in [-0.3, -0.25) is 4.99 Å². The summed E-state index contributed by atoms with van der Waals surface area (Å²) in [7, 11) is 0. The average molecular weight is 352 g/mol. The molecule has 0 heterocycles. The third-order valence-corrected chi connectivity index (χ3v) is 4.51. The second kappa shape index (κ2) is 12.3. The van der Waals surface area contributed by atoms with Crippen LogP contribution in [0.25, 0.3) is 0 Å². The Hall–Kier alpha value is -2.09. The van der Waals surface area contributed by atoms with Gasteiger partial charge in [-0.15, -0.1) is 0 Å². The lowest BCUT2D eigenvalue weighted by molar-refractivity contribution is 0.304. The Morgan fingerprint density at radius 3 is 2.15 bits per heavy atom. The van der Waals surface area contributed by atoms with Gasteiger partial charge < -0.3 is 4.74 Å². The first-order valence-corrected chi connectivity index (χ1v) is 10.2. The maximum Gasteiger partial charge on any atom is 0.119 e. The van der Waals surface area contributed by atoms with E-state index in [1.165, 1.54) is 44.1 Å². The van der Waals surface area contributed by atoms with Crippen molar-refractivity contribution in [2.75, 3.05) is 6.61 Å². The SMILES string of the molecule is CCCCCCCOc1ccc(/C=N/c2ccc(CCCC)cc2)cc1. The van der Waals surface area contributed by atoms with E-state index < -0.39 is 0 Å². The molecule has 2 rings (SSSR count). The summed E-state index contributed by atoms with van der Waals surface area (Å²) in [5.74, 6) is 0.943. The molecule has 0 saturated carbocycles. The molecule has 0 spiro atoms. The molecular formula is C24H33NO. The lowest BCUT2D eigenvalue weighted by Crippen LogP contribution is -1.97. The van der Waals surface area contributed by atoms with Gasteiger partial charge in [-0.1, -0.05) is 58.1 Å². The average Bonchev–Trinajstić information content (AvgIpc) is 2.69. The van der Waals surface area contributed by atoms with Crippen molar-refractivity contribution < 1.29 is 4.74 Å². The molecule has 26 heavy (non-hydrogen) atoms. The summed E-state index contributed by atoms with van der Waals surface area (Å²) in [6, 6.07) is 16.7. The summed E-state index contributed by atoms with van der Waals surface area (Å²) in [6.45, 7) is 5.27. The Morgan fingerprint density at radius 1 is 0.769 bits per heavy atom. The molecule has 0 atom stereocenters. The van der Waals surface area contributed by atoms with Gasteiger partial charge in [0.05, 0.1) is 12.3 Å². The van der Waals surface area contributed by atoms with Gasteiger partial charge in [-0.2, -0.15) is 0 Å². The number of aliphatic imine (C=N–C) groups is 1. The zero-order valence-corrected chi connectivity index (χ0v) is 16.4. The Kier molecular flexibility index (Phi) is 9.56. The maximum absolute atomic E-state index is 5.80. The number of benzene rings is 2. The van der Waals surface area contributed by atoms with E-state index in [1.54, 1.807) is 0 Å². The summed E-state index contributed by atoms with van der Waals surface area (Å²) < 4.78 is 5.80. The highest BCUT2D eigenvalue weighted by Crippen LogP contribution is 2.16. The van der Waals surface area contributed by atoms with Crippen molar-refractivity contribution >= 4 is 11.9 Å². The van der Waals surface area contributed by atoms with Crippen molar-refractivity contribution in [3.63, 3.8) is 0 Å². The molecule has 0 aliphatic carbocycles. The number of unbranched alkanes of at least 4 members (excludes halogenated alkanes) is 5. The largest absolute Gasteiger partial charge is 0.494 e. The van der Waals surface area contributed by atoms with Crippen LogP contribution in [0.15, 0.2) is 53.5 Å². The molecule has 0 fully saturated rings. The first-order valence-electron chi connectivity index (χ1n) is 10.2. The van der Waals surface area contributed by atoms with Crippen molar-refractivity contribution in [2.45, 2.75) is 65.2 Å². The van der Waals surface area contributed by atoms with Gasteiger partial charge in [0.1, 0.15) is 5.75 Å². The molecule has 0 aliphatic heterocycles. The van der Waals surface area contributed by atoms with E-state index in [-0.39, 0.29) is 0 Å². The van der Waals surface area contributed by atoms with E-state index in [1.807, 2.05) is 18.3 Å². The van der Waals surface area contributed by atoms with Crippen LogP contribution in [0.3, 0.4) is 0 Å². The van der Waals surface area contributed by atoms with Gasteiger partial charge in [0, 0.05) is 6.21 Å². The summed E-state index contributed by atoms with van der Waals surface area (Å²) in [6.07, 6.45) is 11.9. The standard InChI is InChI=1S/C24H33NO/c1-3-5-7-8-9-19-26-24-17-13-22(14-18-24)20-25-23-15-11-21(12-16-23)10-6-4-2/h11-18,20H,3-10,19H2,1-2H3/b25-20+. The monoisotopic (exact) mass is 351 g/mol. The first-order chi connectivity index (χ1) is 12.8. The van der Waals surface area contributed by atoms with Crippen LogP contribution in [0.1, 0.15) is 69.9 Å². The van der Waals surface area contributed by atoms with E-state index >= 15 is 0 Å². The van der Waals surface area contributed by atoms with Crippen molar-refractivity contribution in [3.8, 4) is 5.75 Å². The Morgan fingerprint density at radius 2 is 1.46 bits per heavy atom. The Labute approximate surface area is 159 Å². The van der Waals surface area contributed by atoms with Crippen molar-refractivity contribution in [3.05, 3.63) is 59.7 Å². The molecule has 2 aromatic rings. The second-order valence-corrected chi connectivity index (χ2v) is 6.86. The minimum absolute atomic E-state index is 0.807. The van der Waals surface area contributed by atoms with Crippen LogP contribution >= 0.6 is 0 Å². The Balaban J connectivity index is 1.76. The molecule has 140 valence electrons. The molecule has 0 amide bonds. The van der Waals surface area contributed by atoms with Crippen LogP contribution in [0.4, 0.5) is 5.69 Å². The normalized spacial score (nSPS) is 11.2. The van der Waals surface area contributed by atoms with Gasteiger partial charge >= 0.3 is 0 Å². The molecule has 0 unspecified atom stereocenters. The number of hydrogen-bond donors (Lipinski definition) is 0. The fourth-order valence-electron chi connectivity index (χ4n) is 2.82. The highest BCUT2D eigenvalue weighted by molar-refractivity contribution is 5.82. The molecule has 2 heteroatoms. The lowest BCUT2D eigenvalue weighted by Gasteiger charge is -2.06. The van der Waals surface area contributed by atoms with E-state index in [9.17, 15) is 0 Å². The topological polar surface area (TPSA) is 21.6 Å². The molecule has 0 N–H and O–H groups in total. The van der Waals surface area contributed by atoms with Crippen molar-refractivity contribution in [1.82, 2.24) is 0 Å². The van der Waals surface area contributed by atoms with E-state index in [2.05, 4.69) is 55.2 Å². The smallest absolute Gasteiger partial charge is 0.119 e. The van der Waals surface area contributed by atoms with Gasteiger partial charge in [-0.25, -0.2) is 0 Å². The predicted molar refractivity (Wildman–Crippen MR) is 113 cm³/mol. The highest BCUT2D eigenvalue weighted by atomic mass is 16.5. The van der Waals surface area contributed by atoms with Crippen LogP contribution in [0.2, 0.25) is 0 Å². The summed E-state index contributed by atoms with van der Waals surface area (Å²) in [4.78, 5) is 4.57. The minimum Gasteiger partial charge on any atom is -0.494 e. The highest BCUT2D eigenvalue weighted by Gasteiger charge is 1.96. The fraction of sp³-hybridized carbons (Fsp3) is 0.458. The quantitative estimate of drug-likeness (QED) is 0.294. The number of hydrogen-bond acceptors (Lipinski definition) is 2. The Bertz CT molecular complexity index is 628. The van der Waals surface area contributed by atoms with Crippen LogP contribution in [-0.2, 0) is 6.42 Å². The molecule has 2 aromatic carbocycles. The third kappa shape index (κ3) is 7.86. The number of nitrogens with zero attached hydrogens (tertiary/aromatic N) is 1. The third-order valence-electron chi connectivity index (χ3n) is 4.51. The first kappa shape index (κ1) is 20.2. The second-order valence-electron chi connectivity index (χ2n) is 6.86. The van der Waals surface area contributed by atoms with E-state index in [0.29, 0.717) is 0 Å². The number of aryl methyl sites for hydroxylation is 1. The molecule has 0 saturated heterocycles. The molecular weight excluding hydrogens is 318 g/mol. The van der Waals surface area contributed by atoms with E-state index in [4.69, 9.17) is 4.74 Å². The van der Waals surface area contributed by atoms with Gasteiger partial charge in [0.25, 0.3) is 0 Å². The predicted octanol–water partition coefficient (Wildman–Crippen LogP) is 7.13. The maximum atomic E-state index is 5.80. The summed E-state index contributed by atoms with van der Waals surface area (Å²) in [5, 5.41) is 0. The zero-order chi connectivity index (χ0) is 18.5. The molecule has 2 nitrogen and oxygen atoms in total. The summed E-state index contributed by atoms with van der Waals surface area (Å²) in [5.41, 5.74) is 3.48. The van der Waals surface area contributed by atoms with Crippen LogP contribution in [-0.4, -0.2) is 12.8 Å². The van der Waals surface area contributed by atoms with Crippen molar-refractivity contribution in [2.24, 2.45) is 4.99 Å². The fourth-order valence-corrected chi connectivity index (χ4v) is 2.82. The molecule has 0 aliphatic rings. The van der Waals surface area contributed by atoms with Crippen LogP contribution < -0.4 is 4.74 Å². The van der Waals surface area contributed by atoms with Crippen LogP contribution in [0, 0.1) is 0 Å². The molecule has 0 radical (unpaired) electrons. The zero-order valence-electron chi connectivity index (χ0n) is 16.4. The number of rotatable bonds is 12. The van der Waals surface area contributed by atoms with Gasteiger partial charge in [0.2, 0.25) is 0 Å². The van der Waals surface area contributed by atoms with Crippen molar-refractivity contribution in [1.29, 1.82) is 0 Å². The van der Waals surface area contributed by atoms with Gasteiger partial charge in [-0.05, 0) is 66.8 Å². The van der Waals surface area contributed by atoms with Gasteiger partial charge in [0.15, 0.2) is 0 Å². The van der Waals surface area contributed by atoms with Crippen LogP contribution in [0.5, 0.6) is 5.75 Å². The molecule has 0 bridgehead atoms. The molecule has 0 aromatic heterocycles. The minimum atomic E-state index is 0.807. The van der Waals surface area contributed by atoms with E-state index in [0.717, 1.165) is 36.4 Å².